The number of rotatable bonds is 6. The van der Waals surface area contributed by atoms with Gasteiger partial charge in [-0.1, -0.05) is 24.3 Å². The van der Waals surface area contributed by atoms with E-state index in [1.807, 2.05) is 31.2 Å². The van der Waals surface area contributed by atoms with E-state index in [4.69, 9.17) is 4.74 Å². The summed E-state index contributed by atoms with van der Waals surface area (Å²) in [6.45, 7) is 3.92. The van der Waals surface area contributed by atoms with E-state index in [9.17, 15) is 14.9 Å². The molecule has 0 spiro atoms. The zero-order valence-electron chi connectivity index (χ0n) is 13.9. The first-order valence-electron chi connectivity index (χ1n) is 7.55. The number of carbonyl (C=O) groups is 1. The lowest BCUT2D eigenvalue weighted by atomic mass is 10.0. The van der Waals surface area contributed by atoms with Crippen LogP contribution in [0.5, 0.6) is 0 Å². The molecule has 1 N–H and O–H groups in total. The second-order valence-corrected chi connectivity index (χ2v) is 5.55. The molecule has 2 rings (SSSR count). The summed E-state index contributed by atoms with van der Waals surface area (Å²) in [4.78, 5) is 22.7. The topological polar surface area (TPSA) is 81.5 Å². The molecule has 0 aromatic heterocycles. The van der Waals surface area contributed by atoms with Crippen molar-refractivity contribution in [3.63, 3.8) is 0 Å². The van der Waals surface area contributed by atoms with Crippen molar-refractivity contribution in [2.75, 3.05) is 13.7 Å². The smallest absolute Gasteiger partial charge is 0.272 e. The summed E-state index contributed by atoms with van der Waals surface area (Å²) in [7, 11) is 1.60. The number of benzene rings is 2. The molecule has 0 aliphatic carbocycles. The molecular weight excluding hydrogens is 308 g/mol. The minimum atomic E-state index is -0.462. The number of nitro benzene ring substituents is 1. The Labute approximate surface area is 140 Å². The zero-order valence-corrected chi connectivity index (χ0v) is 13.9. The predicted octanol–water partition coefficient (Wildman–Crippen LogP) is 3.33. The van der Waals surface area contributed by atoms with Crippen molar-refractivity contribution < 1.29 is 14.5 Å². The van der Waals surface area contributed by atoms with Gasteiger partial charge < -0.3 is 10.1 Å². The predicted molar refractivity (Wildman–Crippen MR) is 91.1 cm³/mol. The van der Waals surface area contributed by atoms with Crippen LogP contribution >= 0.6 is 0 Å². The first kappa shape index (κ1) is 17.6. The normalized spacial score (nSPS) is 11.8. The highest BCUT2D eigenvalue weighted by Gasteiger charge is 2.17. The van der Waals surface area contributed by atoms with Crippen LogP contribution in [-0.2, 0) is 4.74 Å². The van der Waals surface area contributed by atoms with Gasteiger partial charge in [0.15, 0.2) is 0 Å². The number of hydrogen-bond acceptors (Lipinski definition) is 4. The summed E-state index contributed by atoms with van der Waals surface area (Å²) < 4.78 is 5.47. The van der Waals surface area contributed by atoms with Gasteiger partial charge in [-0.2, -0.15) is 0 Å². The van der Waals surface area contributed by atoms with Crippen LogP contribution in [-0.4, -0.2) is 24.5 Å². The molecule has 0 saturated carbocycles. The molecule has 24 heavy (non-hydrogen) atoms. The standard InChI is InChI=1S/C18H20N2O4/c1-12-6-4-5-7-15(12)17(24-3)11-19-18(21)14-8-9-16(20(22)23)13(2)10-14/h4-10,17H,11H2,1-3H3,(H,19,21). The Morgan fingerprint density at radius 3 is 2.50 bits per heavy atom. The van der Waals surface area contributed by atoms with Crippen LogP contribution in [0.3, 0.4) is 0 Å². The Morgan fingerprint density at radius 1 is 1.21 bits per heavy atom. The van der Waals surface area contributed by atoms with Crippen molar-refractivity contribution in [1.29, 1.82) is 0 Å². The van der Waals surface area contributed by atoms with E-state index in [1.165, 1.54) is 18.2 Å². The van der Waals surface area contributed by atoms with Crippen molar-refractivity contribution in [3.8, 4) is 0 Å². The summed E-state index contributed by atoms with van der Waals surface area (Å²) >= 11 is 0. The van der Waals surface area contributed by atoms with Crippen LogP contribution in [0, 0.1) is 24.0 Å². The van der Waals surface area contributed by atoms with E-state index in [0.717, 1.165) is 11.1 Å². The molecule has 6 nitrogen and oxygen atoms in total. The summed E-state index contributed by atoms with van der Waals surface area (Å²) in [5.74, 6) is -0.288. The molecule has 126 valence electrons. The monoisotopic (exact) mass is 328 g/mol. The van der Waals surface area contributed by atoms with Gasteiger partial charge in [-0.3, -0.25) is 14.9 Å². The Kier molecular flexibility index (Phi) is 5.65. The second kappa shape index (κ2) is 7.70. The highest BCUT2D eigenvalue weighted by Crippen LogP contribution is 2.21. The van der Waals surface area contributed by atoms with E-state index in [0.29, 0.717) is 17.7 Å². The number of amides is 1. The number of methoxy groups -OCH3 is 1. The van der Waals surface area contributed by atoms with E-state index >= 15 is 0 Å². The number of nitrogens with zero attached hydrogens (tertiary/aromatic N) is 1. The fraction of sp³-hybridized carbons (Fsp3) is 0.278. The van der Waals surface area contributed by atoms with Crippen LogP contribution in [0.15, 0.2) is 42.5 Å². The molecule has 0 bridgehead atoms. The van der Waals surface area contributed by atoms with Gasteiger partial charge in [0.25, 0.3) is 11.6 Å². The second-order valence-electron chi connectivity index (χ2n) is 5.55. The Bertz CT molecular complexity index is 758. The van der Waals surface area contributed by atoms with Gasteiger partial charge in [0.2, 0.25) is 0 Å². The average Bonchev–Trinajstić information content (AvgIpc) is 2.56. The maximum Gasteiger partial charge on any atom is 0.272 e. The molecule has 0 aliphatic heterocycles. The third kappa shape index (κ3) is 3.97. The van der Waals surface area contributed by atoms with Crippen molar-refractivity contribution in [1.82, 2.24) is 5.32 Å². The minimum Gasteiger partial charge on any atom is -0.375 e. The minimum absolute atomic E-state index is 0.00114. The molecule has 0 fully saturated rings. The van der Waals surface area contributed by atoms with Crippen LogP contribution < -0.4 is 5.32 Å². The molecule has 1 unspecified atom stereocenters. The van der Waals surface area contributed by atoms with Crippen molar-refractivity contribution >= 4 is 11.6 Å². The number of nitrogens with one attached hydrogen (secondary N) is 1. The molecule has 0 saturated heterocycles. The first-order valence-corrected chi connectivity index (χ1v) is 7.55. The summed E-state index contributed by atoms with van der Waals surface area (Å²) in [6.07, 6.45) is -0.255. The molecule has 2 aromatic rings. The summed E-state index contributed by atoms with van der Waals surface area (Å²) in [6, 6.07) is 12.1. The molecule has 2 aromatic carbocycles. The Balaban J connectivity index is 2.08. The molecule has 0 radical (unpaired) electrons. The Hall–Kier alpha value is -2.73. The SMILES string of the molecule is COC(CNC(=O)c1ccc([N+](=O)[O-])c(C)c1)c1ccccc1C. The number of aryl methyl sites for hydroxylation is 2. The summed E-state index contributed by atoms with van der Waals surface area (Å²) in [5.41, 5.74) is 2.94. The fourth-order valence-corrected chi connectivity index (χ4v) is 2.56. The van der Waals surface area contributed by atoms with E-state index in [1.54, 1.807) is 14.0 Å². The maximum atomic E-state index is 12.3. The number of carbonyl (C=O) groups excluding carboxylic acids is 1. The average molecular weight is 328 g/mol. The van der Waals surface area contributed by atoms with Gasteiger partial charge in [-0.15, -0.1) is 0 Å². The fourth-order valence-electron chi connectivity index (χ4n) is 2.56. The van der Waals surface area contributed by atoms with Crippen LogP contribution in [0.2, 0.25) is 0 Å². The van der Waals surface area contributed by atoms with Gasteiger partial charge >= 0.3 is 0 Å². The number of hydrogen-bond donors (Lipinski definition) is 1. The van der Waals surface area contributed by atoms with Crippen LogP contribution in [0.1, 0.15) is 33.2 Å². The first-order chi connectivity index (χ1) is 11.4. The van der Waals surface area contributed by atoms with Gasteiger partial charge in [-0.05, 0) is 37.1 Å². The number of ether oxygens (including phenoxy) is 1. The third-order valence-corrected chi connectivity index (χ3v) is 3.92. The maximum absolute atomic E-state index is 12.3. The lowest BCUT2D eigenvalue weighted by molar-refractivity contribution is -0.385. The zero-order chi connectivity index (χ0) is 17.7. The van der Waals surface area contributed by atoms with Crippen molar-refractivity contribution in [2.24, 2.45) is 0 Å². The van der Waals surface area contributed by atoms with Crippen molar-refractivity contribution in [2.45, 2.75) is 20.0 Å². The summed E-state index contributed by atoms with van der Waals surface area (Å²) in [5, 5.41) is 13.7. The van der Waals surface area contributed by atoms with Gasteiger partial charge in [0, 0.05) is 30.8 Å². The van der Waals surface area contributed by atoms with Crippen molar-refractivity contribution in [3.05, 3.63) is 74.8 Å². The quantitative estimate of drug-likeness (QED) is 0.651. The molecular formula is C18H20N2O4. The Morgan fingerprint density at radius 2 is 1.92 bits per heavy atom. The molecule has 6 heteroatoms. The number of nitro groups is 1. The van der Waals surface area contributed by atoms with Gasteiger partial charge in [0.1, 0.15) is 0 Å². The highest BCUT2D eigenvalue weighted by atomic mass is 16.6. The third-order valence-electron chi connectivity index (χ3n) is 3.92. The van der Waals surface area contributed by atoms with Crippen LogP contribution in [0.25, 0.3) is 0 Å². The molecule has 0 aliphatic rings. The largest absolute Gasteiger partial charge is 0.375 e. The van der Waals surface area contributed by atoms with E-state index < -0.39 is 4.92 Å². The molecule has 1 atom stereocenters. The highest BCUT2D eigenvalue weighted by molar-refractivity contribution is 5.94. The molecule has 0 heterocycles. The van der Waals surface area contributed by atoms with Gasteiger partial charge in [0.05, 0.1) is 11.0 Å². The van der Waals surface area contributed by atoms with Crippen LogP contribution in [0.4, 0.5) is 5.69 Å². The lowest BCUT2D eigenvalue weighted by Gasteiger charge is -2.18. The van der Waals surface area contributed by atoms with Gasteiger partial charge in [-0.25, -0.2) is 0 Å². The van der Waals surface area contributed by atoms with E-state index in [2.05, 4.69) is 5.32 Å². The van der Waals surface area contributed by atoms with E-state index in [-0.39, 0.29) is 17.7 Å². The molecule has 1 amide bonds. The lowest BCUT2D eigenvalue weighted by Crippen LogP contribution is -2.29.